The van der Waals surface area contributed by atoms with E-state index in [0.717, 1.165) is 6.54 Å². The predicted octanol–water partition coefficient (Wildman–Crippen LogP) is 2.27. The normalized spacial score (nSPS) is 35.8. The van der Waals surface area contributed by atoms with E-state index in [1.54, 1.807) is 0 Å². The van der Waals surface area contributed by atoms with Gasteiger partial charge < -0.3 is 9.42 Å². The first-order valence-electron chi connectivity index (χ1n) is 5.09. The lowest BCUT2D eigenvalue weighted by atomic mass is 9.90. The second kappa shape index (κ2) is 5.92. The number of hydrogen-bond acceptors (Lipinski definition) is 3. The minimum atomic E-state index is -1.34. The van der Waals surface area contributed by atoms with Gasteiger partial charge in [0.25, 0.3) is 8.53 Å². The fraction of sp³-hybridized carbons (Fsp3) is 1.00. The van der Waals surface area contributed by atoms with Crippen LogP contribution in [0, 0.1) is 11.8 Å². The standard InChI is InChI=1S/C9H20NO2P/c1-3-4-5-9-6-10-13(11)12-7-8(9)2/h8-11H,3-7H2,1-2H3/t8-,9+,13?/m1/s1. The van der Waals surface area contributed by atoms with Crippen LogP contribution in [0.3, 0.4) is 0 Å². The molecule has 0 radical (unpaired) electrons. The van der Waals surface area contributed by atoms with E-state index >= 15 is 0 Å². The van der Waals surface area contributed by atoms with Crippen molar-refractivity contribution in [1.29, 1.82) is 0 Å². The van der Waals surface area contributed by atoms with Gasteiger partial charge in [-0.05, 0) is 18.3 Å². The molecule has 0 amide bonds. The minimum absolute atomic E-state index is 0.568. The van der Waals surface area contributed by atoms with Crippen LogP contribution in [-0.4, -0.2) is 18.0 Å². The van der Waals surface area contributed by atoms with Gasteiger partial charge in [-0.15, -0.1) is 0 Å². The average Bonchev–Trinajstić information content (AvgIpc) is 2.28. The molecule has 13 heavy (non-hydrogen) atoms. The van der Waals surface area contributed by atoms with Crippen molar-refractivity contribution in [3.63, 3.8) is 0 Å². The van der Waals surface area contributed by atoms with Crippen LogP contribution in [0.15, 0.2) is 0 Å². The van der Waals surface area contributed by atoms with Crippen LogP contribution in [0.1, 0.15) is 33.1 Å². The van der Waals surface area contributed by atoms with Gasteiger partial charge in [-0.1, -0.05) is 26.7 Å². The molecule has 78 valence electrons. The van der Waals surface area contributed by atoms with Crippen LogP contribution in [0.4, 0.5) is 0 Å². The molecule has 1 aliphatic heterocycles. The van der Waals surface area contributed by atoms with Crippen molar-refractivity contribution in [3.8, 4) is 0 Å². The van der Waals surface area contributed by atoms with Gasteiger partial charge in [0.1, 0.15) is 0 Å². The van der Waals surface area contributed by atoms with Gasteiger partial charge in [0, 0.05) is 6.54 Å². The summed E-state index contributed by atoms with van der Waals surface area (Å²) in [5.74, 6) is 1.23. The van der Waals surface area contributed by atoms with E-state index in [-0.39, 0.29) is 0 Å². The Labute approximate surface area is 81.8 Å². The third-order valence-corrected chi connectivity index (χ3v) is 3.53. The van der Waals surface area contributed by atoms with Gasteiger partial charge in [0.2, 0.25) is 0 Å². The lowest BCUT2D eigenvalue weighted by molar-refractivity contribution is 0.220. The van der Waals surface area contributed by atoms with Gasteiger partial charge in [-0.2, -0.15) is 0 Å². The molecule has 4 heteroatoms. The minimum Gasteiger partial charge on any atom is -0.338 e. The van der Waals surface area contributed by atoms with Gasteiger partial charge in [-0.3, -0.25) is 5.09 Å². The summed E-state index contributed by atoms with van der Waals surface area (Å²) in [5.41, 5.74) is 0. The first-order valence-corrected chi connectivity index (χ1v) is 6.30. The summed E-state index contributed by atoms with van der Waals surface area (Å²) in [6, 6.07) is 0. The maximum Gasteiger partial charge on any atom is 0.253 e. The Morgan fingerprint density at radius 1 is 1.62 bits per heavy atom. The number of nitrogens with one attached hydrogen (secondary N) is 1. The average molecular weight is 205 g/mol. The summed E-state index contributed by atoms with van der Waals surface area (Å²) in [6.07, 6.45) is 3.77. The summed E-state index contributed by atoms with van der Waals surface area (Å²) >= 11 is 0. The molecule has 0 aromatic carbocycles. The first kappa shape index (κ1) is 11.4. The molecule has 2 N–H and O–H groups in total. The number of unbranched alkanes of at least 4 members (excludes halogenated alkanes) is 1. The zero-order valence-corrected chi connectivity index (χ0v) is 9.39. The highest BCUT2D eigenvalue weighted by molar-refractivity contribution is 7.43. The van der Waals surface area contributed by atoms with Crippen LogP contribution in [-0.2, 0) is 4.52 Å². The highest BCUT2D eigenvalue weighted by Crippen LogP contribution is 2.33. The van der Waals surface area contributed by atoms with E-state index in [4.69, 9.17) is 4.52 Å². The summed E-state index contributed by atoms with van der Waals surface area (Å²) in [5, 5.41) is 3.03. The third-order valence-electron chi connectivity index (χ3n) is 2.68. The Hall–Kier alpha value is 0.310. The monoisotopic (exact) mass is 205 g/mol. The van der Waals surface area contributed by atoms with E-state index < -0.39 is 8.53 Å². The zero-order chi connectivity index (χ0) is 9.68. The van der Waals surface area contributed by atoms with Crippen molar-refractivity contribution in [2.24, 2.45) is 11.8 Å². The van der Waals surface area contributed by atoms with E-state index in [1.165, 1.54) is 19.3 Å². The van der Waals surface area contributed by atoms with E-state index in [0.29, 0.717) is 18.4 Å². The molecular formula is C9H20NO2P. The highest BCUT2D eigenvalue weighted by Gasteiger charge is 2.23. The lowest BCUT2D eigenvalue weighted by Gasteiger charge is -2.19. The molecule has 1 unspecified atom stereocenters. The molecule has 1 fully saturated rings. The Morgan fingerprint density at radius 2 is 2.38 bits per heavy atom. The molecule has 1 rings (SSSR count). The Kier molecular flexibility index (Phi) is 5.18. The van der Waals surface area contributed by atoms with Crippen molar-refractivity contribution in [3.05, 3.63) is 0 Å². The van der Waals surface area contributed by atoms with E-state index in [2.05, 4.69) is 18.9 Å². The predicted molar refractivity (Wildman–Crippen MR) is 55.3 cm³/mol. The molecule has 0 aliphatic carbocycles. The summed E-state index contributed by atoms with van der Waals surface area (Å²) in [7, 11) is -1.34. The molecule has 3 nitrogen and oxygen atoms in total. The second-order valence-electron chi connectivity index (χ2n) is 3.81. The van der Waals surface area contributed by atoms with Gasteiger partial charge in [0.15, 0.2) is 0 Å². The van der Waals surface area contributed by atoms with Crippen LogP contribution in [0.2, 0.25) is 0 Å². The van der Waals surface area contributed by atoms with Crippen LogP contribution in [0.25, 0.3) is 0 Å². The molecular weight excluding hydrogens is 185 g/mol. The number of hydrogen-bond donors (Lipinski definition) is 2. The molecule has 1 saturated heterocycles. The Balaban J connectivity index is 2.33. The van der Waals surface area contributed by atoms with Gasteiger partial charge >= 0.3 is 0 Å². The molecule has 0 aromatic heterocycles. The second-order valence-corrected chi connectivity index (χ2v) is 4.93. The molecule has 0 bridgehead atoms. The lowest BCUT2D eigenvalue weighted by Crippen LogP contribution is -2.22. The fourth-order valence-electron chi connectivity index (χ4n) is 1.62. The topological polar surface area (TPSA) is 41.5 Å². The zero-order valence-electron chi connectivity index (χ0n) is 8.49. The third kappa shape index (κ3) is 3.90. The molecule has 1 heterocycles. The van der Waals surface area contributed by atoms with Crippen molar-refractivity contribution < 1.29 is 9.42 Å². The summed E-state index contributed by atoms with van der Waals surface area (Å²) < 4.78 is 5.23. The van der Waals surface area contributed by atoms with Crippen molar-refractivity contribution >= 4 is 8.53 Å². The maximum atomic E-state index is 9.28. The first-order chi connectivity index (χ1) is 6.24. The highest BCUT2D eigenvalue weighted by atomic mass is 31.2. The van der Waals surface area contributed by atoms with Crippen LogP contribution in [0.5, 0.6) is 0 Å². The molecule has 3 atom stereocenters. The molecule has 0 aromatic rings. The van der Waals surface area contributed by atoms with Crippen molar-refractivity contribution in [2.45, 2.75) is 33.1 Å². The summed E-state index contributed by atoms with van der Waals surface area (Å²) in [4.78, 5) is 9.28. The SMILES string of the molecule is CCCC[C@H]1CNP(O)OC[C@H]1C. The van der Waals surface area contributed by atoms with Crippen molar-refractivity contribution in [1.82, 2.24) is 5.09 Å². The quantitative estimate of drug-likeness (QED) is 0.694. The van der Waals surface area contributed by atoms with Gasteiger partial charge in [-0.25, -0.2) is 0 Å². The van der Waals surface area contributed by atoms with E-state index in [9.17, 15) is 4.89 Å². The largest absolute Gasteiger partial charge is 0.338 e. The van der Waals surface area contributed by atoms with Crippen LogP contribution >= 0.6 is 8.53 Å². The molecule has 0 saturated carbocycles. The Morgan fingerprint density at radius 3 is 3.08 bits per heavy atom. The van der Waals surface area contributed by atoms with E-state index in [1.807, 2.05) is 0 Å². The van der Waals surface area contributed by atoms with Gasteiger partial charge in [0.05, 0.1) is 6.61 Å². The summed E-state index contributed by atoms with van der Waals surface area (Å²) in [6.45, 7) is 6.02. The molecule has 0 spiro atoms. The smallest absolute Gasteiger partial charge is 0.253 e. The van der Waals surface area contributed by atoms with Crippen LogP contribution < -0.4 is 5.09 Å². The molecule has 1 aliphatic rings. The number of rotatable bonds is 3. The Bertz CT molecular complexity index is 146. The fourth-order valence-corrected chi connectivity index (χ4v) is 2.48. The van der Waals surface area contributed by atoms with Crippen molar-refractivity contribution in [2.75, 3.05) is 13.2 Å². The maximum absolute atomic E-state index is 9.28.